The molecule has 0 aromatic heterocycles. The van der Waals surface area contributed by atoms with Crippen LogP contribution in [0.5, 0.6) is 0 Å². The standard InChI is InChI=1S/C5H10O5/c6-1-3(8)5(10)4(9)2-7/h1,3-5,7-10H,2H2/t3-,4+,5?/m1/s1. The summed E-state index contributed by atoms with van der Waals surface area (Å²) >= 11 is 0. The van der Waals surface area contributed by atoms with Crippen molar-refractivity contribution >= 4 is 6.29 Å². The number of carbonyl (C=O) groups is 1. The second kappa shape index (κ2) is 4.35. The van der Waals surface area contributed by atoms with Crippen LogP contribution in [0.3, 0.4) is 0 Å². The second-order valence-corrected chi connectivity index (χ2v) is 1.87. The van der Waals surface area contributed by atoms with Crippen LogP contribution >= 0.6 is 0 Å². The third-order valence-corrected chi connectivity index (χ3v) is 1.07. The van der Waals surface area contributed by atoms with E-state index >= 15 is 0 Å². The molecule has 0 rings (SSSR count). The summed E-state index contributed by atoms with van der Waals surface area (Å²) in [5.74, 6) is 0. The zero-order valence-electron chi connectivity index (χ0n) is 5.21. The van der Waals surface area contributed by atoms with E-state index in [0.717, 1.165) is 0 Å². The predicted octanol–water partition coefficient (Wildman–Crippen LogP) is -2.74. The normalized spacial score (nSPS) is 19.6. The highest BCUT2D eigenvalue weighted by molar-refractivity contribution is 5.56. The first-order chi connectivity index (χ1) is 4.63. The summed E-state index contributed by atoms with van der Waals surface area (Å²) in [4.78, 5) is 9.76. The van der Waals surface area contributed by atoms with E-state index in [0.29, 0.717) is 0 Å². The molecule has 5 heteroatoms. The van der Waals surface area contributed by atoms with Gasteiger partial charge in [-0.15, -0.1) is 0 Å². The SMILES string of the molecule is O=C[C@@H](O)C(O)[C@@H](O)CO. The largest absolute Gasteiger partial charge is 0.394 e. The molecule has 5 nitrogen and oxygen atoms in total. The van der Waals surface area contributed by atoms with Crippen molar-refractivity contribution < 1.29 is 25.2 Å². The van der Waals surface area contributed by atoms with Gasteiger partial charge in [0.25, 0.3) is 0 Å². The molecule has 10 heavy (non-hydrogen) atoms. The van der Waals surface area contributed by atoms with Crippen LogP contribution in [-0.4, -0.2) is 51.6 Å². The molecule has 3 atom stereocenters. The van der Waals surface area contributed by atoms with Crippen LogP contribution in [0.2, 0.25) is 0 Å². The van der Waals surface area contributed by atoms with Crippen LogP contribution in [0.4, 0.5) is 0 Å². The Labute approximate surface area is 57.5 Å². The molecular weight excluding hydrogens is 140 g/mol. The first kappa shape index (κ1) is 9.51. The topological polar surface area (TPSA) is 98.0 Å². The van der Waals surface area contributed by atoms with E-state index in [1.807, 2.05) is 0 Å². The molecule has 1 unspecified atom stereocenters. The molecule has 0 aromatic rings. The van der Waals surface area contributed by atoms with Crippen LogP contribution in [0.25, 0.3) is 0 Å². The fourth-order valence-corrected chi connectivity index (χ4v) is 0.416. The zero-order chi connectivity index (χ0) is 8.15. The summed E-state index contributed by atoms with van der Waals surface area (Å²) in [6.07, 6.45) is -4.63. The van der Waals surface area contributed by atoms with Crippen LogP contribution in [0.15, 0.2) is 0 Å². The van der Waals surface area contributed by atoms with Gasteiger partial charge in [0.1, 0.15) is 18.3 Å². The van der Waals surface area contributed by atoms with E-state index in [1.54, 1.807) is 0 Å². The number of hydrogen-bond acceptors (Lipinski definition) is 5. The Morgan fingerprint density at radius 1 is 1.30 bits per heavy atom. The molecule has 0 bridgehead atoms. The highest BCUT2D eigenvalue weighted by atomic mass is 16.4. The molecule has 0 aromatic carbocycles. The third-order valence-electron chi connectivity index (χ3n) is 1.07. The molecule has 0 aliphatic heterocycles. The average molecular weight is 150 g/mol. The van der Waals surface area contributed by atoms with Gasteiger partial charge in [-0.3, -0.25) is 0 Å². The molecule has 60 valence electrons. The number of aliphatic hydroxyl groups excluding tert-OH is 4. The predicted molar refractivity (Wildman–Crippen MR) is 31.2 cm³/mol. The van der Waals surface area contributed by atoms with Gasteiger partial charge in [0.15, 0.2) is 6.29 Å². The van der Waals surface area contributed by atoms with Crippen molar-refractivity contribution in [2.45, 2.75) is 18.3 Å². The maximum absolute atomic E-state index is 9.76. The van der Waals surface area contributed by atoms with Gasteiger partial charge in [0.05, 0.1) is 6.61 Å². The molecule has 0 amide bonds. The Morgan fingerprint density at radius 3 is 2.10 bits per heavy atom. The summed E-state index contributed by atoms with van der Waals surface area (Å²) < 4.78 is 0. The van der Waals surface area contributed by atoms with Gasteiger partial charge in [-0.25, -0.2) is 0 Å². The highest BCUT2D eigenvalue weighted by Crippen LogP contribution is 1.96. The van der Waals surface area contributed by atoms with Crippen LogP contribution in [0, 0.1) is 0 Å². The summed E-state index contributed by atoms with van der Waals surface area (Å²) in [5.41, 5.74) is 0. The average Bonchev–Trinajstić information content (AvgIpc) is 2.00. The zero-order valence-corrected chi connectivity index (χ0v) is 5.21. The quantitative estimate of drug-likeness (QED) is 0.326. The Kier molecular flexibility index (Phi) is 4.13. The van der Waals surface area contributed by atoms with Crippen molar-refractivity contribution in [2.75, 3.05) is 6.61 Å². The Morgan fingerprint density at radius 2 is 1.80 bits per heavy atom. The lowest BCUT2D eigenvalue weighted by molar-refractivity contribution is -0.127. The number of hydrogen-bond donors (Lipinski definition) is 4. The molecule has 0 radical (unpaired) electrons. The molecule has 0 saturated carbocycles. The first-order valence-electron chi connectivity index (χ1n) is 2.73. The number of aldehydes is 1. The Balaban J connectivity index is 3.80. The van der Waals surface area contributed by atoms with Gasteiger partial charge >= 0.3 is 0 Å². The fraction of sp³-hybridized carbons (Fsp3) is 0.800. The van der Waals surface area contributed by atoms with E-state index in [-0.39, 0.29) is 6.29 Å². The molecule has 0 fully saturated rings. The van der Waals surface area contributed by atoms with Gasteiger partial charge in [-0.2, -0.15) is 0 Å². The van der Waals surface area contributed by atoms with Crippen LogP contribution < -0.4 is 0 Å². The van der Waals surface area contributed by atoms with Crippen molar-refractivity contribution in [3.63, 3.8) is 0 Å². The lowest BCUT2D eigenvalue weighted by Crippen LogP contribution is -2.40. The molecule has 0 aliphatic carbocycles. The van der Waals surface area contributed by atoms with E-state index in [4.69, 9.17) is 20.4 Å². The lowest BCUT2D eigenvalue weighted by Gasteiger charge is -2.16. The minimum absolute atomic E-state index is 0.0869. The third kappa shape index (κ3) is 2.40. The summed E-state index contributed by atoms with van der Waals surface area (Å²) in [7, 11) is 0. The van der Waals surface area contributed by atoms with Crippen LogP contribution in [-0.2, 0) is 4.79 Å². The second-order valence-electron chi connectivity index (χ2n) is 1.87. The van der Waals surface area contributed by atoms with Gasteiger partial charge < -0.3 is 25.2 Å². The van der Waals surface area contributed by atoms with Gasteiger partial charge in [-0.1, -0.05) is 0 Å². The van der Waals surface area contributed by atoms with Crippen molar-refractivity contribution in [2.24, 2.45) is 0 Å². The molecule has 4 N–H and O–H groups in total. The molecule has 0 aliphatic rings. The first-order valence-corrected chi connectivity index (χ1v) is 2.73. The molecular formula is C5H10O5. The van der Waals surface area contributed by atoms with E-state index in [2.05, 4.69) is 0 Å². The maximum Gasteiger partial charge on any atom is 0.151 e. The summed E-state index contributed by atoms with van der Waals surface area (Å²) in [6.45, 7) is -0.688. The Hall–Kier alpha value is -0.490. The van der Waals surface area contributed by atoms with Gasteiger partial charge in [0, 0.05) is 0 Å². The fourth-order valence-electron chi connectivity index (χ4n) is 0.416. The molecule has 0 saturated heterocycles. The van der Waals surface area contributed by atoms with E-state index in [9.17, 15) is 4.79 Å². The molecule has 0 heterocycles. The van der Waals surface area contributed by atoms with Gasteiger partial charge in [0.2, 0.25) is 0 Å². The Bertz CT molecular complexity index is 104. The minimum Gasteiger partial charge on any atom is -0.394 e. The van der Waals surface area contributed by atoms with E-state index < -0.39 is 24.9 Å². The van der Waals surface area contributed by atoms with Crippen molar-refractivity contribution in [3.05, 3.63) is 0 Å². The van der Waals surface area contributed by atoms with Crippen LogP contribution in [0.1, 0.15) is 0 Å². The van der Waals surface area contributed by atoms with Crippen molar-refractivity contribution in [1.82, 2.24) is 0 Å². The molecule has 0 spiro atoms. The monoisotopic (exact) mass is 150 g/mol. The van der Waals surface area contributed by atoms with Crippen molar-refractivity contribution in [3.8, 4) is 0 Å². The smallest absolute Gasteiger partial charge is 0.151 e. The van der Waals surface area contributed by atoms with Gasteiger partial charge in [-0.05, 0) is 0 Å². The van der Waals surface area contributed by atoms with Crippen molar-refractivity contribution in [1.29, 1.82) is 0 Å². The summed E-state index contributed by atoms with van der Waals surface area (Å²) in [5, 5.41) is 34.1. The maximum atomic E-state index is 9.76. The lowest BCUT2D eigenvalue weighted by atomic mass is 10.1. The minimum atomic E-state index is -1.64. The summed E-state index contributed by atoms with van der Waals surface area (Å²) in [6, 6.07) is 0. The van der Waals surface area contributed by atoms with E-state index in [1.165, 1.54) is 0 Å². The number of aliphatic hydroxyl groups is 4. The number of carbonyl (C=O) groups excluding carboxylic acids is 1. The number of rotatable bonds is 4. The highest BCUT2D eigenvalue weighted by Gasteiger charge is 2.22.